The van der Waals surface area contributed by atoms with Gasteiger partial charge >= 0.3 is 0 Å². The van der Waals surface area contributed by atoms with Crippen LogP contribution < -0.4 is 9.64 Å². The van der Waals surface area contributed by atoms with Crippen LogP contribution in [0.15, 0.2) is 46.9 Å². The fraction of sp³-hybridized carbons (Fsp3) is 0.188. The molecule has 0 aliphatic carbocycles. The van der Waals surface area contributed by atoms with E-state index < -0.39 is 5.82 Å². The van der Waals surface area contributed by atoms with Crippen molar-refractivity contribution in [3.05, 3.63) is 58.3 Å². The van der Waals surface area contributed by atoms with E-state index in [2.05, 4.69) is 15.9 Å². The van der Waals surface area contributed by atoms with Crippen molar-refractivity contribution in [1.82, 2.24) is 0 Å². The van der Waals surface area contributed by atoms with E-state index in [4.69, 9.17) is 4.74 Å². The van der Waals surface area contributed by atoms with Gasteiger partial charge in [0.15, 0.2) is 0 Å². The number of fused-ring (bicyclic) bond motifs is 1. The molecule has 0 aromatic heterocycles. The minimum Gasteiger partial charge on any atom is -0.487 e. The molecule has 0 spiro atoms. The number of carbonyl (C=O) groups excluding carboxylic acids is 1. The Morgan fingerprint density at radius 3 is 2.90 bits per heavy atom. The summed E-state index contributed by atoms with van der Waals surface area (Å²) in [6.07, 6.45) is -0.140. The lowest BCUT2D eigenvalue weighted by molar-refractivity contribution is 0.0957. The van der Waals surface area contributed by atoms with Gasteiger partial charge in [-0.15, -0.1) is 0 Å². The van der Waals surface area contributed by atoms with Crippen LogP contribution in [0, 0.1) is 5.82 Å². The summed E-state index contributed by atoms with van der Waals surface area (Å²) in [6.45, 7) is 2.27. The molecule has 1 heterocycles. The maximum Gasteiger partial charge on any atom is 0.261 e. The van der Waals surface area contributed by atoms with Gasteiger partial charge in [0, 0.05) is 4.47 Å². The molecule has 3 rings (SSSR count). The number of hydrogen-bond acceptors (Lipinski definition) is 2. The number of carbonyl (C=O) groups is 1. The molecule has 108 valence electrons. The van der Waals surface area contributed by atoms with Crippen molar-refractivity contribution in [2.75, 3.05) is 11.4 Å². The van der Waals surface area contributed by atoms with E-state index in [1.54, 1.807) is 17.0 Å². The number of anilines is 1. The number of para-hydroxylation sites is 2. The first-order valence-electron chi connectivity index (χ1n) is 6.59. The van der Waals surface area contributed by atoms with E-state index in [9.17, 15) is 9.18 Å². The van der Waals surface area contributed by atoms with Gasteiger partial charge in [0.25, 0.3) is 5.91 Å². The normalized spacial score (nSPS) is 17.1. The molecule has 3 nitrogen and oxygen atoms in total. The number of ether oxygens (including phenoxy) is 1. The van der Waals surface area contributed by atoms with Gasteiger partial charge in [-0.2, -0.15) is 0 Å². The first-order valence-corrected chi connectivity index (χ1v) is 7.38. The lowest BCUT2D eigenvalue weighted by Crippen LogP contribution is -2.42. The van der Waals surface area contributed by atoms with Crippen LogP contribution in [0.4, 0.5) is 10.1 Å². The van der Waals surface area contributed by atoms with Gasteiger partial charge in [-0.3, -0.25) is 4.79 Å². The van der Waals surface area contributed by atoms with Gasteiger partial charge in [0.1, 0.15) is 17.7 Å². The molecule has 21 heavy (non-hydrogen) atoms. The third-order valence-corrected chi connectivity index (χ3v) is 3.82. The van der Waals surface area contributed by atoms with E-state index in [0.29, 0.717) is 22.5 Å². The average molecular weight is 350 g/mol. The van der Waals surface area contributed by atoms with Crippen molar-refractivity contribution >= 4 is 27.5 Å². The molecule has 1 aliphatic rings. The fourth-order valence-electron chi connectivity index (χ4n) is 2.39. The van der Waals surface area contributed by atoms with Crippen LogP contribution in [0.25, 0.3) is 0 Å². The zero-order valence-corrected chi connectivity index (χ0v) is 12.9. The quantitative estimate of drug-likeness (QED) is 0.778. The number of rotatable bonds is 1. The zero-order chi connectivity index (χ0) is 15.0. The van der Waals surface area contributed by atoms with Crippen molar-refractivity contribution in [3.8, 4) is 5.75 Å². The molecule has 0 bridgehead atoms. The van der Waals surface area contributed by atoms with Gasteiger partial charge in [0.2, 0.25) is 0 Å². The highest BCUT2D eigenvalue weighted by molar-refractivity contribution is 9.10. The summed E-state index contributed by atoms with van der Waals surface area (Å²) in [4.78, 5) is 14.3. The molecule has 2 aromatic rings. The van der Waals surface area contributed by atoms with E-state index in [1.807, 2.05) is 25.1 Å². The lowest BCUT2D eigenvalue weighted by Gasteiger charge is -2.33. The second-order valence-corrected chi connectivity index (χ2v) is 5.85. The Hall–Kier alpha value is -1.88. The Balaban J connectivity index is 2.04. The predicted octanol–water partition coefficient (Wildman–Crippen LogP) is 4.02. The molecule has 0 N–H and O–H groups in total. The van der Waals surface area contributed by atoms with E-state index >= 15 is 0 Å². The summed E-state index contributed by atoms with van der Waals surface area (Å²) in [6, 6.07) is 11.6. The molecule has 0 radical (unpaired) electrons. The number of hydrogen-bond donors (Lipinski definition) is 0. The van der Waals surface area contributed by atoms with Gasteiger partial charge in [-0.1, -0.05) is 28.1 Å². The van der Waals surface area contributed by atoms with E-state index in [0.717, 1.165) is 0 Å². The second-order valence-electron chi connectivity index (χ2n) is 4.94. The first kappa shape index (κ1) is 14.1. The molecule has 1 unspecified atom stereocenters. The van der Waals surface area contributed by atoms with Crippen LogP contribution >= 0.6 is 15.9 Å². The Morgan fingerprint density at radius 1 is 1.33 bits per heavy atom. The SMILES string of the molecule is CC1CN(C(=O)c2cc(Br)ccc2F)c2ccccc2O1. The largest absolute Gasteiger partial charge is 0.487 e. The molecule has 1 atom stereocenters. The highest BCUT2D eigenvalue weighted by Crippen LogP contribution is 2.34. The van der Waals surface area contributed by atoms with Crippen LogP contribution in [0.2, 0.25) is 0 Å². The summed E-state index contributed by atoms with van der Waals surface area (Å²) in [5.41, 5.74) is 0.716. The molecule has 2 aromatic carbocycles. The lowest BCUT2D eigenvalue weighted by atomic mass is 10.1. The topological polar surface area (TPSA) is 29.5 Å². The van der Waals surface area contributed by atoms with Gasteiger partial charge in [-0.05, 0) is 37.3 Å². The third-order valence-electron chi connectivity index (χ3n) is 3.33. The summed E-state index contributed by atoms with van der Waals surface area (Å²) in [5, 5.41) is 0. The van der Waals surface area contributed by atoms with E-state index in [1.165, 1.54) is 12.1 Å². The molecule has 0 fully saturated rings. The Bertz CT molecular complexity index is 704. The molecular weight excluding hydrogens is 337 g/mol. The third kappa shape index (κ3) is 2.65. The van der Waals surface area contributed by atoms with Crippen LogP contribution in [0.5, 0.6) is 5.75 Å². The molecule has 0 saturated carbocycles. The molecule has 1 aliphatic heterocycles. The van der Waals surface area contributed by atoms with Crippen LogP contribution in [-0.2, 0) is 0 Å². The van der Waals surface area contributed by atoms with Crippen molar-refractivity contribution in [2.24, 2.45) is 0 Å². The zero-order valence-electron chi connectivity index (χ0n) is 11.3. The number of halogens is 2. The van der Waals surface area contributed by atoms with Crippen molar-refractivity contribution < 1.29 is 13.9 Å². The maximum absolute atomic E-state index is 13.9. The fourth-order valence-corrected chi connectivity index (χ4v) is 2.75. The van der Waals surface area contributed by atoms with Gasteiger partial charge < -0.3 is 9.64 Å². The monoisotopic (exact) mass is 349 g/mol. The molecule has 5 heteroatoms. The Morgan fingerprint density at radius 2 is 2.10 bits per heavy atom. The smallest absolute Gasteiger partial charge is 0.261 e. The standard InChI is InChI=1S/C16H13BrFNO2/c1-10-9-19(14-4-2-3-5-15(14)21-10)16(20)12-8-11(17)6-7-13(12)18/h2-8,10H,9H2,1H3. The summed E-state index contributed by atoms with van der Waals surface area (Å²) in [7, 11) is 0. The van der Waals surface area contributed by atoms with Crippen molar-refractivity contribution in [3.63, 3.8) is 0 Å². The Kier molecular flexibility index (Phi) is 3.68. The van der Waals surface area contributed by atoms with Crippen molar-refractivity contribution in [2.45, 2.75) is 13.0 Å². The van der Waals surface area contributed by atoms with Crippen LogP contribution in [0.1, 0.15) is 17.3 Å². The first-order chi connectivity index (χ1) is 10.1. The number of amides is 1. The highest BCUT2D eigenvalue weighted by Gasteiger charge is 2.29. The summed E-state index contributed by atoms with van der Waals surface area (Å²) in [5.74, 6) is -0.253. The number of benzene rings is 2. The number of nitrogens with zero attached hydrogens (tertiary/aromatic N) is 1. The minimum absolute atomic E-state index is 0.0493. The predicted molar refractivity (Wildman–Crippen MR) is 82.3 cm³/mol. The summed E-state index contributed by atoms with van der Waals surface area (Å²) < 4.78 is 20.3. The van der Waals surface area contributed by atoms with E-state index in [-0.39, 0.29) is 17.6 Å². The van der Waals surface area contributed by atoms with Gasteiger partial charge in [-0.25, -0.2) is 4.39 Å². The van der Waals surface area contributed by atoms with Crippen LogP contribution in [-0.4, -0.2) is 18.6 Å². The van der Waals surface area contributed by atoms with Crippen molar-refractivity contribution in [1.29, 1.82) is 0 Å². The molecule has 0 saturated heterocycles. The average Bonchev–Trinajstić information content (AvgIpc) is 2.48. The van der Waals surface area contributed by atoms with Gasteiger partial charge in [0.05, 0.1) is 17.8 Å². The highest BCUT2D eigenvalue weighted by atomic mass is 79.9. The summed E-state index contributed by atoms with van der Waals surface area (Å²) >= 11 is 3.27. The molecule has 1 amide bonds. The maximum atomic E-state index is 13.9. The minimum atomic E-state index is -0.528. The second kappa shape index (κ2) is 5.48. The van der Waals surface area contributed by atoms with Crippen LogP contribution in [0.3, 0.4) is 0 Å². The molecular formula is C16H13BrFNO2. The Labute approximate surface area is 130 Å².